The normalized spacial score (nSPS) is 18.6. The van der Waals surface area contributed by atoms with Crippen molar-refractivity contribution in [1.82, 2.24) is 9.21 Å². The molecular weight excluding hydrogens is 316 g/mol. The van der Waals surface area contributed by atoms with E-state index in [2.05, 4.69) is 11.8 Å². The third-order valence-electron chi connectivity index (χ3n) is 3.58. The molecule has 1 aromatic rings. The summed E-state index contributed by atoms with van der Waals surface area (Å²) < 4.78 is 27.1. The molecule has 0 aliphatic carbocycles. The second kappa shape index (κ2) is 6.75. The van der Waals surface area contributed by atoms with Crippen molar-refractivity contribution in [1.29, 1.82) is 0 Å². The number of hydrogen-bond donors (Lipinski definition) is 0. The molecule has 0 amide bonds. The number of sulfonamides is 1. The summed E-state index contributed by atoms with van der Waals surface area (Å²) in [4.78, 5) is 3.50. The average molecular weight is 337 g/mol. The number of aryl methyl sites for hydroxylation is 1. The number of halogens is 1. The maximum atomic E-state index is 12.8. The van der Waals surface area contributed by atoms with E-state index < -0.39 is 10.0 Å². The van der Waals surface area contributed by atoms with Crippen LogP contribution in [0.4, 0.5) is 0 Å². The lowest BCUT2D eigenvalue weighted by Crippen LogP contribution is -2.48. The zero-order chi connectivity index (χ0) is 14.8. The highest BCUT2D eigenvalue weighted by atomic mass is 35.5. The Labute approximate surface area is 130 Å². The van der Waals surface area contributed by atoms with Crippen molar-refractivity contribution < 1.29 is 8.42 Å². The fourth-order valence-corrected chi connectivity index (χ4v) is 6.00. The van der Waals surface area contributed by atoms with E-state index in [9.17, 15) is 8.42 Å². The lowest BCUT2D eigenvalue weighted by molar-refractivity contribution is 0.188. The van der Waals surface area contributed by atoms with E-state index in [1.54, 1.807) is 4.31 Å². The first-order chi connectivity index (χ1) is 9.50. The van der Waals surface area contributed by atoms with E-state index in [0.717, 1.165) is 36.5 Å². The summed E-state index contributed by atoms with van der Waals surface area (Å²) in [5.41, 5.74) is 0.807. The quantitative estimate of drug-likeness (QED) is 0.776. The van der Waals surface area contributed by atoms with Crippen molar-refractivity contribution in [3.8, 4) is 0 Å². The Balaban J connectivity index is 2.18. The molecule has 1 saturated heterocycles. The summed E-state index contributed by atoms with van der Waals surface area (Å²) in [6, 6.07) is 0. The van der Waals surface area contributed by atoms with Gasteiger partial charge in [0.2, 0.25) is 10.0 Å². The van der Waals surface area contributed by atoms with Gasteiger partial charge in [-0.1, -0.05) is 6.92 Å². The zero-order valence-electron chi connectivity index (χ0n) is 11.9. The number of nitrogens with zero attached hydrogens (tertiary/aromatic N) is 2. The van der Waals surface area contributed by atoms with Crippen molar-refractivity contribution in [3.05, 3.63) is 15.8 Å². The maximum absolute atomic E-state index is 12.8. The summed E-state index contributed by atoms with van der Waals surface area (Å²) in [7, 11) is -3.40. The summed E-state index contributed by atoms with van der Waals surface area (Å²) in [6.07, 6.45) is 1.10. The number of alkyl halides is 1. The molecule has 1 aromatic heterocycles. The van der Waals surface area contributed by atoms with Crippen molar-refractivity contribution >= 4 is 33.0 Å². The second-order valence-corrected chi connectivity index (χ2v) is 8.16. The largest absolute Gasteiger partial charge is 0.301 e. The highest BCUT2D eigenvalue weighted by Gasteiger charge is 2.31. The summed E-state index contributed by atoms with van der Waals surface area (Å²) in [5.74, 6) is 0.253. The third-order valence-corrected chi connectivity index (χ3v) is 7.37. The molecule has 114 valence electrons. The molecule has 2 rings (SSSR count). The van der Waals surface area contributed by atoms with Crippen molar-refractivity contribution in [2.24, 2.45) is 0 Å². The molecule has 0 aromatic carbocycles. The Kier molecular flexibility index (Phi) is 5.48. The van der Waals surface area contributed by atoms with E-state index in [1.165, 1.54) is 11.3 Å². The SMILES string of the molecule is CCCN1CCN(S(=O)(=O)c2c(C)csc2CCl)CC1. The van der Waals surface area contributed by atoms with Gasteiger partial charge in [0.05, 0.1) is 5.88 Å². The van der Waals surface area contributed by atoms with Gasteiger partial charge in [-0.3, -0.25) is 0 Å². The third kappa shape index (κ3) is 3.20. The number of rotatable bonds is 5. The predicted octanol–water partition coefficient (Wildman–Crippen LogP) is 2.51. The van der Waals surface area contributed by atoms with E-state index in [1.807, 2.05) is 12.3 Å². The fraction of sp³-hybridized carbons (Fsp3) is 0.692. The minimum atomic E-state index is -3.40. The van der Waals surface area contributed by atoms with E-state index in [0.29, 0.717) is 18.0 Å². The number of piperazine rings is 1. The minimum absolute atomic E-state index is 0.253. The Bertz CT molecular complexity index is 549. The fourth-order valence-electron chi connectivity index (χ4n) is 2.56. The van der Waals surface area contributed by atoms with Crippen LogP contribution in [-0.2, 0) is 15.9 Å². The molecule has 7 heteroatoms. The van der Waals surface area contributed by atoms with E-state index in [-0.39, 0.29) is 5.88 Å². The lowest BCUT2D eigenvalue weighted by Gasteiger charge is -2.33. The summed E-state index contributed by atoms with van der Waals surface area (Å²) in [6.45, 7) is 7.78. The predicted molar refractivity (Wildman–Crippen MR) is 84.1 cm³/mol. The molecule has 0 unspecified atom stereocenters. The van der Waals surface area contributed by atoms with Gasteiger partial charge in [0.25, 0.3) is 0 Å². The van der Waals surface area contributed by atoms with E-state index >= 15 is 0 Å². The molecule has 2 heterocycles. The van der Waals surface area contributed by atoms with Crippen LogP contribution in [-0.4, -0.2) is 50.3 Å². The topological polar surface area (TPSA) is 40.6 Å². The summed E-state index contributed by atoms with van der Waals surface area (Å²) >= 11 is 7.30. The van der Waals surface area contributed by atoms with Crippen LogP contribution in [0.2, 0.25) is 0 Å². The highest BCUT2D eigenvalue weighted by molar-refractivity contribution is 7.89. The molecule has 1 aliphatic heterocycles. The molecule has 0 bridgehead atoms. The second-order valence-electron chi connectivity index (χ2n) is 5.05. The van der Waals surface area contributed by atoms with Gasteiger partial charge in [0.1, 0.15) is 4.90 Å². The van der Waals surface area contributed by atoms with Gasteiger partial charge in [-0.2, -0.15) is 4.31 Å². The van der Waals surface area contributed by atoms with Crippen LogP contribution in [0, 0.1) is 6.92 Å². The Hall–Kier alpha value is -0.140. The van der Waals surface area contributed by atoms with Gasteiger partial charge in [0, 0.05) is 31.1 Å². The van der Waals surface area contributed by atoms with Gasteiger partial charge in [-0.15, -0.1) is 22.9 Å². The first kappa shape index (κ1) is 16.2. The molecule has 4 nitrogen and oxygen atoms in total. The maximum Gasteiger partial charge on any atom is 0.244 e. The molecule has 0 saturated carbocycles. The first-order valence-electron chi connectivity index (χ1n) is 6.86. The Morgan fingerprint density at radius 3 is 2.50 bits per heavy atom. The van der Waals surface area contributed by atoms with Crippen molar-refractivity contribution in [3.63, 3.8) is 0 Å². The van der Waals surface area contributed by atoms with E-state index in [4.69, 9.17) is 11.6 Å². The monoisotopic (exact) mass is 336 g/mol. The molecule has 0 radical (unpaired) electrons. The van der Waals surface area contributed by atoms with Gasteiger partial charge in [-0.05, 0) is 30.8 Å². The highest BCUT2D eigenvalue weighted by Crippen LogP contribution is 2.31. The smallest absolute Gasteiger partial charge is 0.244 e. The van der Waals surface area contributed by atoms with Crippen LogP contribution in [0.5, 0.6) is 0 Å². The van der Waals surface area contributed by atoms with Gasteiger partial charge in [0.15, 0.2) is 0 Å². The van der Waals surface area contributed by atoms with Crippen LogP contribution < -0.4 is 0 Å². The molecule has 1 aliphatic rings. The number of hydrogen-bond acceptors (Lipinski definition) is 4. The molecule has 0 N–H and O–H groups in total. The lowest BCUT2D eigenvalue weighted by atomic mass is 10.3. The molecule has 0 atom stereocenters. The van der Waals surface area contributed by atoms with Crippen LogP contribution in [0.3, 0.4) is 0 Å². The van der Waals surface area contributed by atoms with Crippen LogP contribution >= 0.6 is 22.9 Å². The first-order valence-corrected chi connectivity index (χ1v) is 9.71. The van der Waals surface area contributed by atoms with Gasteiger partial charge >= 0.3 is 0 Å². The van der Waals surface area contributed by atoms with Gasteiger partial charge in [-0.25, -0.2) is 8.42 Å². The Morgan fingerprint density at radius 1 is 1.30 bits per heavy atom. The van der Waals surface area contributed by atoms with Crippen LogP contribution in [0.15, 0.2) is 10.3 Å². The van der Waals surface area contributed by atoms with Crippen LogP contribution in [0.1, 0.15) is 23.8 Å². The minimum Gasteiger partial charge on any atom is -0.301 e. The van der Waals surface area contributed by atoms with Gasteiger partial charge < -0.3 is 4.90 Å². The Morgan fingerprint density at radius 2 is 1.95 bits per heavy atom. The summed E-state index contributed by atoms with van der Waals surface area (Å²) in [5, 5.41) is 1.87. The number of thiophene rings is 1. The van der Waals surface area contributed by atoms with Crippen LogP contribution in [0.25, 0.3) is 0 Å². The molecule has 0 spiro atoms. The molecule has 20 heavy (non-hydrogen) atoms. The average Bonchev–Trinajstić information content (AvgIpc) is 2.81. The van der Waals surface area contributed by atoms with Crippen molar-refractivity contribution in [2.45, 2.75) is 31.0 Å². The molecular formula is C13H21ClN2O2S2. The van der Waals surface area contributed by atoms with Crippen molar-refractivity contribution in [2.75, 3.05) is 32.7 Å². The standard InChI is InChI=1S/C13H21ClN2O2S2/c1-3-4-15-5-7-16(8-6-15)20(17,18)13-11(2)10-19-12(13)9-14/h10H,3-9H2,1-2H3. The zero-order valence-corrected chi connectivity index (χ0v) is 14.3. The molecule has 1 fully saturated rings.